The first-order valence-electron chi connectivity index (χ1n) is 5.46. The molecule has 0 heterocycles. The minimum absolute atomic E-state index is 0.572. The fraction of sp³-hybridized carbons (Fsp3) is 1.00. The molecule has 0 aliphatic carbocycles. The van der Waals surface area contributed by atoms with Gasteiger partial charge in [-0.15, -0.1) is 0 Å². The molecule has 12 heavy (non-hydrogen) atoms. The summed E-state index contributed by atoms with van der Waals surface area (Å²) in [4.78, 5) is 0. The quantitative estimate of drug-likeness (QED) is 0.570. The lowest BCUT2D eigenvalue weighted by Crippen LogP contribution is -2.26. The molecule has 0 radical (unpaired) electrons. The first-order valence-corrected chi connectivity index (χ1v) is 5.46. The highest BCUT2D eigenvalue weighted by Gasteiger charge is 2.28. The Balaban J connectivity index is 4.22. The van der Waals surface area contributed by atoms with E-state index in [1.54, 1.807) is 0 Å². The van der Waals surface area contributed by atoms with Gasteiger partial charge < -0.3 is 0 Å². The van der Waals surface area contributed by atoms with Gasteiger partial charge in [-0.3, -0.25) is 0 Å². The second-order valence-corrected chi connectivity index (χ2v) is 4.91. The van der Waals surface area contributed by atoms with E-state index in [4.69, 9.17) is 0 Å². The van der Waals surface area contributed by atoms with Crippen LogP contribution in [0.15, 0.2) is 0 Å². The van der Waals surface area contributed by atoms with E-state index in [0.29, 0.717) is 5.41 Å². The molecule has 0 amide bonds. The smallest absolute Gasteiger partial charge is 0.0300 e. The molecule has 0 aromatic carbocycles. The molecule has 0 aromatic rings. The van der Waals surface area contributed by atoms with E-state index in [0.717, 1.165) is 11.8 Å². The van der Waals surface area contributed by atoms with Crippen molar-refractivity contribution in [2.45, 2.75) is 60.8 Å². The predicted octanol–water partition coefficient (Wildman–Crippen LogP) is 4.49. The summed E-state index contributed by atoms with van der Waals surface area (Å²) in [5.74, 6) is 1.70. The van der Waals surface area contributed by atoms with Crippen molar-refractivity contribution in [3.8, 4) is 0 Å². The summed E-state index contributed by atoms with van der Waals surface area (Å²) in [6.07, 6.45) is 4.01. The molecule has 0 bridgehead atoms. The molecule has 0 nitrogen and oxygen atoms in total. The maximum atomic E-state index is 2.45. The van der Waals surface area contributed by atoms with Crippen LogP contribution in [-0.2, 0) is 0 Å². The van der Waals surface area contributed by atoms with Gasteiger partial charge in [0.05, 0.1) is 0 Å². The molecule has 0 aromatic heterocycles. The summed E-state index contributed by atoms with van der Waals surface area (Å²) in [5, 5.41) is 0. The molecule has 0 rings (SSSR count). The molecule has 2 unspecified atom stereocenters. The van der Waals surface area contributed by atoms with Gasteiger partial charge in [0, 0.05) is 0 Å². The van der Waals surface area contributed by atoms with Gasteiger partial charge in [0.2, 0.25) is 0 Å². The van der Waals surface area contributed by atoms with Crippen LogP contribution >= 0.6 is 0 Å². The second kappa shape index (κ2) is 4.89. The van der Waals surface area contributed by atoms with Crippen LogP contribution in [0.3, 0.4) is 0 Å². The van der Waals surface area contributed by atoms with E-state index >= 15 is 0 Å². The van der Waals surface area contributed by atoms with Gasteiger partial charge in [0.15, 0.2) is 0 Å². The van der Waals surface area contributed by atoms with Crippen LogP contribution in [0.4, 0.5) is 0 Å². The van der Waals surface area contributed by atoms with Crippen molar-refractivity contribution >= 4 is 0 Å². The monoisotopic (exact) mass is 170 g/mol. The molecule has 2 atom stereocenters. The SMILES string of the molecule is CCC(C)C(C)(CC)CC(C)C. The Morgan fingerprint density at radius 1 is 1.08 bits per heavy atom. The van der Waals surface area contributed by atoms with Crippen LogP contribution in [0.5, 0.6) is 0 Å². The van der Waals surface area contributed by atoms with Crippen molar-refractivity contribution in [2.75, 3.05) is 0 Å². The van der Waals surface area contributed by atoms with Crippen LogP contribution in [-0.4, -0.2) is 0 Å². The highest BCUT2D eigenvalue weighted by molar-refractivity contribution is 4.78. The Morgan fingerprint density at radius 2 is 1.58 bits per heavy atom. The lowest BCUT2D eigenvalue weighted by molar-refractivity contribution is 0.147. The van der Waals surface area contributed by atoms with E-state index in [2.05, 4.69) is 41.5 Å². The van der Waals surface area contributed by atoms with Gasteiger partial charge in [-0.1, -0.05) is 54.4 Å². The van der Waals surface area contributed by atoms with Crippen LogP contribution in [0.2, 0.25) is 0 Å². The van der Waals surface area contributed by atoms with Crippen molar-refractivity contribution in [3.05, 3.63) is 0 Å². The van der Waals surface area contributed by atoms with Gasteiger partial charge in [0.1, 0.15) is 0 Å². The highest BCUT2D eigenvalue weighted by atomic mass is 14.3. The van der Waals surface area contributed by atoms with E-state index in [1.165, 1.54) is 19.3 Å². The van der Waals surface area contributed by atoms with E-state index < -0.39 is 0 Å². The molecule has 0 fully saturated rings. The van der Waals surface area contributed by atoms with Crippen LogP contribution in [0.25, 0.3) is 0 Å². The maximum absolute atomic E-state index is 2.45. The zero-order valence-electron chi connectivity index (χ0n) is 9.78. The molecule has 0 saturated heterocycles. The van der Waals surface area contributed by atoms with Gasteiger partial charge in [-0.2, -0.15) is 0 Å². The number of rotatable bonds is 5. The third kappa shape index (κ3) is 3.16. The largest absolute Gasteiger partial charge is 0.0651 e. The minimum atomic E-state index is 0.572. The fourth-order valence-corrected chi connectivity index (χ4v) is 2.12. The molecule has 0 aliphatic rings. The van der Waals surface area contributed by atoms with Crippen molar-refractivity contribution in [1.82, 2.24) is 0 Å². The standard InChI is InChI=1S/C12H26/c1-7-11(5)12(6,8-2)9-10(3)4/h10-11H,7-9H2,1-6H3. The first kappa shape index (κ1) is 12.0. The number of hydrogen-bond donors (Lipinski definition) is 0. The molecular weight excluding hydrogens is 144 g/mol. The summed E-state index contributed by atoms with van der Waals surface area (Å²) < 4.78 is 0. The second-order valence-electron chi connectivity index (χ2n) is 4.91. The minimum Gasteiger partial charge on any atom is -0.0651 e. The lowest BCUT2D eigenvalue weighted by Gasteiger charge is -2.36. The average Bonchev–Trinajstić information content (AvgIpc) is 2.01. The van der Waals surface area contributed by atoms with Crippen molar-refractivity contribution in [1.29, 1.82) is 0 Å². The molecule has 0 saturated carbocycles. The van der Waals surface area contributed by atoms with Gasteiger partial charge >= 0.3 is 0 Å². The van der Waals surface area contributed by atoms with Crippen LogP contribution < -0.4 is 0 Å². The van der Waals surface area contributed by atoms with Gasteiger partial charge in [-0.05, 0) is 23.7 Å². The fourth-order valence-electron chi connectivity index (χ4n) is 2.12. The maximum Gasteiger partial charge on any atom is -0.0300 e. The summed E-state index contributed by atoms with van der Waals surface area (Å²) in [7, 11) is 0. The zero-order chi connectivity index (χ0) is 9.78. The lowest BCUT2D eigenvalue weighted by atomic mass is 9.70. The first-order chi connectivity index (χ1) is 5.46. The summed E-state index contributed by atoms with van der Waals surface area (Å²) in [5.41, 5.74) is 0.572. The Bertz CT molecular complexity index is 115. The molecule has 0 heteroatoms. The average molecular weight is 170 g/mol. The van der Waals surface area contributed by atoms with Crippen LogP contribution in [0.1, 0.15) is 60.8 Å². The van der Waals surface area contributed by atoms with Gasteiger partial charge in [-0.25, -0.2) is 0 Å². The summed E-state index contributed by atoms with van der Waals surface area (Å²) in [6.45, 7) is 14.1. The van der Waals surface area contributed by atoms with E-state index in [9.17, 15) is 0 Å². The normalized spacial score (nSPS) is 19.2. The number of hydrogen-bond acceptors (Lipinski definition) is 0. The Morgan fingerprint density at radius 3 is 1.83 bits per heavy atom. The van der Waals surface area contributed by atoms with E-state index in [1.807, 2.05) is 0 Å². The zero-order valence-corrected chi connectivity index (χ0v) is 9.78. The topological polar surface area (TPSA) is 0 Å². The van der Waals surface area contributed by atoms with E-state index in [-0.39, 0.29) is 0 Å². The molecular formula is C12H26. The molecule has 74 valence electrons. The van der Waals surface area contributed by atoms with Crippen LogP contribution in [0, 0.1) is 17.3 Å². The summed E-state index contributed by atoms with van der Waals surface area (Å²) in [6, 6.07) is 0. The van der Waals surface area contributed by atoms with Crippen molar-refractivity contribution in [2.24, 2.45) is 17.3 Å². The van der Waals surface area contributed by atoms with Crippen molar-refractivity contribution in [3.63, 3.8) is 0 Å². The third-order valence-corrected chi connectivity index (χ3v) is 3.48. The highest BCUT2D eigenvalue weighted by Crippen LogP contribution is 2.38. The molecule has 0 spiro atoms. The molecule has 0 aliphatic heterocycles. The van der Waals surface area contributed by atoms with Crippen molar-refractivity contribution < 1.29 is 0 Å². The third-order valence-electron chi connectivity index (χ3n) is 3.48. The summed E-state index contributed by atoms with van der Waals surface area (Å²) >= 11 is 0. The Hall–Kier alpha value is 0. The van der Waals surface area contributed by atoms with Gasteiger partial charge in [0.25, 0.3) is 0 Å². The molecule has 0 N–H and O–H groups in total. The Labute approximate surface area is 78.8 Å². The Kier molecular flexibility index (Phi) is 4.89. The predicted molar refractivity (Wildman–Crippen MR) is 57.3 cm³/mol.